The zero-order valence-corrected chi connectivity index (χ0v) is 20.1. The van der Waals surface area contributed by atoms with Crippen molar-refractivity contribution in [2.45, 2.75) is 18.7 Å². The van der Waals surface area contributed by atoms with Gasteiger partial charge in [0, 0.05) is 28.2 Å². The van der Waals surface area contributed by atoms with E-state index < -0.39 is 10.0 Å². The number of aryl methyl sites for hydroxylation is 1. The third-order valence-corrected chi connectivity index (χ3v) is 6.50. The smallest absolute Gasteiger partial charge is 0.271 e. The molecule has 1 aromatic heterocycles. The van der Waals surface area contributed by atoms with Crippen LogP contribution in [0.4, 0.5) is 0 Å². The summed E-state index contributed by atoms with van der Waals surface area (Å²) in [6, 6.07) is 13.4. The largest absolute Gasteiger partial charge is 0.496 e. The molecule has 0 unspecified atom stereocenters. The lowest BCUT2D eigenvalue weighted by Gasteiger charge is -2.10. The fraction of sp³-hybridized carbons (Fsp3) is 0.143. The third-order valence-electron chi connectivity index (χ3n) is 4.68. The number of methoxy groups -OCH3 is 1. The van der Waals surface area contributed by atoms with Crippen LogP contribution in [0.3, 0.4) is 0 Å². The molecule has 8 nitrogen and oxygen atoms in total. The number of hydrogen-bond donors (Lipinski definition) is 2. The van der Waals surface area contributed by atoms with Gasteiger partial charge in [-0.2, -0.15) is 5.10 Å². The van der Waals surface area contributed by atoms with E-state index in [4.69, 9.17) is 9.88 Å². The van der Waals surface area contributed by atoms with Crippen molar-refractivity contribution >= 4 is 44.7 Å². The lowest BCUT2D eigenvalue weighted by atomic mass is 10.2. The van der Waals surface area contributed by atoms with E-state index in [1.807, 2.05) is 24.5 Å². The van der Waals surface area contributed by atoms with Crippen molar-refractivity contribution in [2.24, 2.45) is 10.2 Å². The third kappa shape index (κ3) is 5.14. The second-order valence-electron chi connectivity index (χ2n) is 6.75. The van der Waals surface area contributed by atoms with Crippen LogP contribution in [0.5, 0.6) is 5.75 Å². The molecule has 31 heavy (non-hydrogen) atoms. The van der Waals surface area contributed by atoms with Gasteiger partial charge >= 0.3 is 0 Å². The maximum Gasteiger partial charge on any atom is 0.271 e. The van der Waals surface area contributed by atoms with Gasteiger partial charge in [-0.1, -0.05) is 0 Å². The van der Waals surface area contributed by atoms with E-state index in [0.29, 0.717) is 11.3 Å². The number of hydrazone groups is 1. The summed E-state index contributed by atoms with van der Waals surface area (Å²) in [4.78, 5) is 12.4. The van der Waals surface area contributed by atoms with Crippen LogP contribution in [0.1, 0.15) is 27.3 Å². The molecule has 3 rings (SSSR count). The molecule has 0 aliphatic carbocycles. The summed E-state index contributed by atoms with van der Waals surface area (Å²) in [6.07, 6.45) is 1.57. The number of nitrogens with zero attached hydrogens (tertiary/aromatic N) is 2. The Morgan fingerprint density at radius 1 is 1.16 bits per heavy atom. The van der Waals surface area contributed by atoms with Crippen molar-refractivity contribution in [3.63, 3.8) is 0 Å². The number of carbonyl (C=O) groups is 1. The molecule has 3 N–H and O–H groups in total. The Bertz CT molecular complexity index is 1270. The molecule has 0 spiro atoms. The highest BCUT2D eigenvalue weighted by Gasteiger charge is 2.12. The number of nitrogens with one attached hydrogen (secondary N) is 1. The number of ether oxygens (including phenoxy) is 1. The highest BCUT2D eigenvalue weighted by molar-refractivity contribution is 14.1. The van der Waals surface area contributed by atoms with Gasteiger partial charge in [0.25, 0.3) is 5.91 Å². The first-order chi connectivity index (χ1) is 14.6. The van der Waals surface area contributed by atoms with E-state index in [0.717, 1.165) is 26.2 Å². The van der Waals surface area contributed by atoms with Gasteiger partial charge in [-0.3, -0.25) is 4.79 Å². The first-order valence-corrected chi connectivity index (χ1v) is 11.7. The number of rotatable bonds is 6. The maximum atomic E-state index is 12.4. The summed E-state index contributed by atoms with van der Waals surface area (Å²) in [7, 11) is -2.19. The van der Waals surface area contributed by atoms with Crippen LogP contribution >= 0.6 is 22.6 Å². The van der Waals surface area contributed by atoms with Crippen LogP contribution in [0.15, 0.2) is 58.5 Å². The molecule has 0 bridgehead atoms. The fourth-order valence-corrected chi connectivity index (χ4v) is 4.20. The number of primary sulfonamides is 1. The predicted octanol–water partition coefficient (Wildman–Crippen LogP) is 3.12. The van der Waals surface area contributed by atoms with Crippen molar-refractivity contribution in [2.75, 3.05) is 7.11 Å². The minimum atomic E-state index is -3.75. The average molecular weight is 552 g/mol. The molecule has 1 heterocycles. The van der Waals surface area contributed by atoms with Gasteiger partial charge in [0.2, 0.25) is 10.0 Å². The number of sulfonamides is 1. The quantitative estimate of drug-likeness (QED) is 0.278. The van der Waals surface area contributed by atoms with Gasteiger partial charge in [0.15, 0.2) is 0 Å². The number of carbonyl (C=O) groups excluding carboxylic acids is 1. The molecular weight excluding hydrogens is 531 g/mol. The minimum absolute atomic E-state index is 0.0513. The molecule has 162 valence electrons. The number of halogens is 1. The summed E-state index contributed by atoms with van der Waals surface area (Å²) in [6.45, 7) is 3.84. The molecular formula is C21H21IN4O4S. The normalized spacial score (nSPS) is 11.6. The Morgan fingerprint density at radius 3 is 2.45 bits per heavy atom. The molecule has 0 radical (unpaired) electrons. The second-order valence-corrected chi connectivity index (χ2v) is 9.47. The van der Waals surface area contributed by atoms with Gasteiger partial charge in [-0.05, 0) is 85.0 Å². The van der Waals surface area contributed by atoms with Crippen LogP contribution in [-0.4, -0.2) is 32.2 Å². The highest BCUT2D eigenvalue weighted by Crippen LogP contribution is 2.22. The number of hydrogen-bond acceptors (Lipinski definition) is 5. The monoisotopic (exact) mass is 552 g/mol. The molecule has 1 amide bonds. The second kappa shape index (κ2) is 9.20. The van der Waals surface area contributed by atoms with Crippen molar-refractivity contribution in [3.05, 3.63) is 74.6 Å². The average Bonchev–Trinajstić information content (AvgIpc) is 3.01. The minimum Gasteiger partial charge on any atom is -0.496 e. The summed E-state index contributed by atoms with van der Waals surface area (Å²) >= 11 is 2.13. The standard InChI is InChI=1S/C21H21IN4O4S/c1-13-10-16(12-24-25-21(27)15-4-9-19(22)20(11-15)30-3)14(2)26(13)17-5-7-18(8-6-17)31(23,28)29/h4-12H,1-3H3,(H,25,27)(H2,23,28,29)/b24-12-. The molecule has 0 aliphatic heterocycles. The van der Waals surface area contributed by atoms with E-state index in [1.54, 1.807) is 43.7 Å². The first kappa shape index (κ1) is 23.0. The number of benzene rings is 2. The van der Waals surface area contributed by atoms with E-state index in [1.165, 1.54) is 12.1 Å². The van der Waals surface area contributed by atoms with Crippen molar-refractivity contribution in [1.29, 1.82) is 0 Å². The predicted molar refractivity (Wildman–Crippen MR) is 127 cm³/mol. The molecule has 10 heteroatoms. The SMILES string of the molecule is COc1cc(C(=O)N/N=C\c2cc(C)n(-c3ccc(S(N)(=O)=O)cc3)c2C)ccc1I. The molecule has 0 atom stereocenters. The Balaban J connectivity index is 1.79. The number of nitrogens with two attached hydrogens (primary N) is 1. The number of aromatic nitrogens is 1. The molecule has 0 aliphatic rings. The summed E-state index contributed by atoms with van der Waals surface area (Å²) in [5.41, 5.74) is 6.37. The van der Waals surface area contributed by atoms with Crippen LogP contribution < -0.4 is 15.3 Å². The van der Waals surface area contributed by atoms with E-state index in [2.05, 4.69) is 33.1 Å². The molecule has 0 fully saturated rings. The molecule has 0 saturated heterocycles. The van der Waals surface area contributed by atoms with Crippen LogP contribution in [0.25, 0.3) is 5.69 Å². The topological polar surface area (TPSA) is 116 Å². The Morgan fingerprint density at radius 2 is 1.84 bits per heavy atom. The van der Waals surface area contributed by atoms with Gasteiger partial charge in [0.05, 0.1) is 21.8 Å². The molecule has 3 aromatic rings. The van der Waals surface area contributed by atoms with E-state index in [-0.39, 0.29) is 10.8 Å². The van der Waals surface area contributed by atoms with E-state index in [9.17, 15) is 13.2 Å². The zero-order chi connectivity index (χ0) is 22.8. The lowest BCUT2D eigenvalue weighted by Crippen LogP contribution is -2.17. The summed E-state index contributed by atoms with van der Waals surface area (Å²) in [5, 5.41) is 9.24. The fourth-order valence-electron chi connectivity index (χ4n) is 3.13. The molecule has 2 aromatic carbocycles. The van der Waals surface area contributed by atoms with Crippen molar-refractivity contribution in [1.82, 2.24) is 9.99 Å². The highest BCUT2D eigenvalue weighted by atomic mass is 127. The Labute approximate surface area is 194 Å². The molecule has 0 saturated carbocycles. The first-order valence-electron chi connectivity index (χ1n) is 9.11. The van der Waals surface area contributed by atoms with Crippen LogP contribution in [0.2, 0.25) is 0 Å². The Kier molecular flexibility index (Phi) is 6.82. The van der Waals surface area contributed by atoms with Crippen LogP contribution in [-0.2, 0) is 10.0 Å². The van der Waals surface area contributed by atoms with Crippen molar-refractivity contribution < 1.29 is 17.9 Å². The Hall–Kier alpha value is -2.70. The van der Waals surface area contributed by atoms with Gasteiger partial charge in [-0.25, -0.2) is 19.0 Å². The number of amides is 1. The maximum absolute atomic E-state index is 12.4. The zero-order valence-electron chi connectivity index (χ0n) is 17.1. The van der Waals surface area contributed by atoms with E-state index >= 15 is 0 Å². The van der Waals surface area contributed by atoms with Crippen LogP contribution in [0, 0.1) is 17.4 Å². The summed E-state index contributed by atoms with van der Waals surface area (Å²) < 4.78 is 31.0. The van der Waals surface area contributed by atoms with Gasteiger partial charge in [0.1, 0.15) is 5.75 Å². The summed E-state index contributed by atoms with van der Waals surface area (Å²) in [5.74, 6) is 0.271. The lowest BCUT2D eigenvalue weighted by molar-refractivity contribution is 0.0954. The van der Waals surface area contributed by atoms with Gasteiger partial charge < -0.3 is 9.30 Å². The van der Waals surface area contributed by atoms with Gasteiger partial charge in [-0.15, -0.1) is 0 Å². The van der Waals surface area contributed by atoms with Crippen molar-refractivity contribution in [3.8, 4) is 11.4 Å².